The van der Waals surface area contributed by atoms with Crippen molar-refractivity contribution in [3.8, 4) is 0 Å². The average molecular weight is 329 g/mol. The van der Waals surface area contributed by atoms with Gasteiger partial charge in [-0.3, -0.25) is 4.79 Å². The standard InChI is InChI=1S/C11H11F4NO4S/c1-5(17)8-7(9(18)19-2)16-6(21-8)3-20-4-11(14,15)10(12)13/h10H,3-4H2,1-2H3. The first kappa shape index (κ1) is 17.5. The summed E-state index contributed by atoms with van der Waals surface area (Å²) < 4.78 is 58.0. The Bertz CT molecular complexity index is 532. The van der Waals surface area contributed by atoms with Crippen molar-refractivity contribution in [2.45, 2.75) is 25.9 Å². The molecule has 0 saturated heterocycles. The summed E-state index contributed by atoms with van der Waals surface area (Å²) in [5, 5.41) is 0.0330. The van der Waals surface area contributed by atoms with Crippen LogP contribution in [-0.4, -0.2) is 42.8 Å². The number of hydrogen-bond acceptors (Lipinski definition) is 6. The Morgan fingerprint density at radius 3 is 2.48 bits per heavy atom. The minimum atomic E-state index is -4.27. The van der Waals surface area contributed by atoms with Gasteiger partial charge in [0.05, 0.1) is 13.7 Å². The number of alkyl halides is 4. The second kappa shape index (κ2) is 6.94. The third kappa shape index (κ3) is 4.46. The lowest BCUT2D eigenvalue weighted by Gasteiger charge is -2.14. The van der Waals surface area contributed by atoms with Gasteiger partial charge in [0.15, 0.2) is 11.5 Å². The summed E-state index contributed by atoms with van der Waals surface area (Å²) in [6.45, 7) is -0.826. The molecule has 5 nitrogen and oxygen atoms in total. The molecule has 10 heteroatoms. The number of carbonyl (C=O) groups excluding carboxylic acids is 2. The van der Waals surface area contributed by atoms with Crippen LogP contribution in [0.4, 0.5) is 17.6 Å². The van der Waals surface area contributed by atoms with E-state index in [2.05, 4.69) is 14.5 Å². The quantitative estimate of drug-likeness (QED) is 0.437. The van der Waals surface area contributed by atoms with Gasteiger partial charge in [0.25, 0.3) is 0 Å². The fourth-order valence-corrected chi connectivity index (χ4v) is 2.12. The van der Waals surface area contributed by atoms with Crippen molar-refractivity contribution >= 4 is 23.1 Å². The third-order valence-electron chi connectivity index (χ3n) is 2.21. The summed E-state index contributed by atoms with van der Waals surface area (Å²) in [4.78, 5) is 26.4. The third-order valence-corrected chi connectivity index (χ3v) is 3.34. The SMILES string of the molecule is COC(=O)c1nc(COCC(F)(F)C(F)F)sc1C(C)=O. The van der Waals surface area contributed by atoms with Crippen LogP contribution in [0, 0.1) is 0 Å². The molecular formula is C11H11F4NO4S. The largest absolute Gasteiger partial charge is 0.464 e. The number of esters is 1. The molecule has 1 aromatic rings. The molecule has 0 aliphatic heterocycles. The summed E-state index contributed by atoms with van der Waals surface area (Å²) in [5.74, 6) is -5.59. The minimum absolute atomic E-state index is 0.0129. The van der Waals surface area contributed by atoms with Gasteiger partial charge in [-0.1, -0.05) is 0 Å². The molecule has 0 bridgehead atoms. The van der Waals surface area contributed by atoms with Crippen LogP contribution < -0.4 is 0 Å². The van der Waals surface area contributed by atoms with Crippen LogP contribution in [0.5, 0.6) is 0 Å². The topological polar surface area (TPSA) is 65.5 Å². The second-order valence-corrected chi connectivity index (χ2v) is 4.97. The van der Waals surface area contributed by atoms with Crippen molar-refractivity contribution in [2.75, 3.05) is 13.7 Å². The highest BCUT2D eigenvalue weighted by Gasteiger charge is 2.41. The predicted molar refractivity (Wildman–Crippen MR) is 64.1 cm³/mol. The molecule has 0 fully saturated rings. The van der Waals surface area contributed by atoms with Gasteiger partial charge in [0.1, 0.15) is 16.5 Å². The number of ketones is 1. The summed E-state index contributed by atoms with van der Waals surface area (Å²) in [7, 11) is 1.09. The fourth-order valence-electron chi connectivity index (χ4n) is 1.24. The Balaban J connectivity index is 2.77. The molecule has 0 atom stereocenters. The molecule has 1 aromatic heterocycles. The maximum Gasteiger partial charge on any atom is 0.358 e. The molecule has 0 N–H and O–H groups in total. The van der Waals surface area contributed by atoms with Crippen molar-refractivity contribution in [1.82, 2.24) is 4.98 Å². The molecule has 1 heterocycles. The van der Waals surface area contributed by atoms with Crippen molar-refractivity contribution in [3.05, 3.63) is 15.6 Å². The van der Waals surface area contributed by atoms with Gasteiger partial charge in [0, 0.05) is 6.92 Å². The number of halogens is 4. The van der Waals surface area contributed by atoms with E-state index in [4.69, 9.17) is 0 Å². The van der Waals surface area contributed by atoms with Crippen molar-refractivity contribution in [1.29, 1.82) is 0 Å². The number of aromatic nitrogens is 1. The lowest BCUT2D eigenvalue weighted by atomic mass is 10.3. The zero-order valence-electron chi connectivity index (χ0n) is 11.0. The molecule has 21 heavy (non-hydrogen) atoms. The molecule has 1 rings (SSSR count). The Morgan fingerprint density at radius 1 is 1.38 bits per heavy atom. The maximum atomic E-state index is 12.6. The van der Waals surface area contributed by atoms with E-state index in [1.807, 2.05) is 0 Å². The Hall–Kier alpha value is -1.55. The van der Waals surface area contributed by atoms with Gasteiger partial charge >= 0.3 is 18.3 Å². The lowest BCUT2D eigenvalue weighted by Crippen LogP contribution is -2.32. The molecule has 0 spiro atoms. The van der Waals surface area contributed by atoms with Crippen LogP contribution in [0.1, 0.15) is 32.1 Å². The number of rotatable bonds is 7. The first-order valence-electron chi connectivity index (χ1n) is 5.51. The molecule has 0 aromatic carbocycles. The van der Waals surface area contributed by atoms with E-state index in [-0.39, 0.29) is 15.6 Å². The van der Waals surface area contributed by atoms with E-state index < -0.39 is 37.3 Å². The van der Waals surface area contributed by atoms with Crippen LogP contribution >= 0.6 is 11.3 Å². The van der Waals surface area contributed by atoms with E-state index in [1.54, 1.807) is 0 Å². The zero-order valence-corrected chi connectivity index (χ0v) is 11.8. The van der Waals surface area contributed by atoms with Gasteiger partial charge in [-0.15, -0.1) is 11.3 Å². The van der Waals surface area contributed by atoms with Crippen LogP contribution in [-0.2, 0) is 16.1 Å². The monoisotopic (exact) mass is 329 g/mol. The summed E-state index contributed by atoms with van der Waals surface area (Å²) in [5.41, 5.74) is -0.255. The normalized spacial score (nSPS) is 11.8. The van der Waals surface area contributed by atoms with Gasteiger partial charge in [-0.2, -0.15) is 8.78 Å². The number of carbonyl (C=O) groups is 2. The number of ether oxygens (including phenoxy) is 2. The molecular weight excluding hydrogens is 318 g/mol. The lowest BCUT2D eigenvalue weighted by molar-refractivity contribution is -0.168. The number of hydrogen-bond donors (Lipinski definition) is 0. The summed E-state index contributed by atoms with van der Waals surface area (Å²) in [6, 6.07) is 0. The van der Waals surface area contributed by atoms with Crippen molar-refractivity contribution in [3.63, 3.8) is 0 Å². The highest BCUT2D eigenvalue weighted by atomic mass is 32.1. The number of methoxy groups -OCH3 is 1. The zero-order chi connectivity index (χ0) is 16.2. The molecule has 0 aliphatic rings. The van der Waals surface area contributed by atoms with Gasteiger partial charge in [-0.25, -0.2) is 18.6 Å². The Morgan fingerprint density at radius 2 is 2.00 bits per heavy atom. The minimum Gasteiger partial charge on any atom is -0.464 e. The number of thiazole rings is 1. The Kier molecular flexibility index (Phi) is 5.78. The summed E-state index contributed by atoms with van der Waals surface area (Å²) in [6.07, 6.45) is -3.84. The van der Waals surface area contributed by atoms with Gasteiger partial charge < -0.3 is 9.47 Å². The first-order valence-corrected chi connectivity index (χ1v) is 6.33. The van der Waals surface area contributed by atoms with Crippen LogP contribution in [0.25, 0.3) is 0 Å². The smallest absolute Gasteiger partial charge is 0.358 e. The van der Waals surface area contributed by atoms with E-state index >= 15 is 0 Å². The van der Waals surface area contributed by atoms with Crippen LogP contribution in [0.3, 0.4) is 0 Å². The van der Waals surface area contributed by atoms with Crippen LogP contribution in [0.2, 0.25) is 0 Å². The van der Waals surface area contributed by atoms with E-state index in [0.717, 1.165) is 18.4 Å². The van der Waals surface area contributed by atoms with Gasteiger partial charge in [-0.05, 0) is 0 Å². The van der Waals surface area contributed by atoms with Crippen molar-refractivity contribution < 1.29 is 36.6 Å². The molecule has 0 saturated carbocycles. The highest BCUT2D eigenvalue weighted by molar-refractivity contribution is 7.14. The average Bonchev–Trinajstić information content (AvgIpc) is 2.81. The second-order valence-electron chi connectivity index (χ2n) is 3.89. The molecule has 118 valence electrons. The maximum absolute atomic E-state index is 12.6. The Labute approximate surface area is 120 Å². The molecule has 0 amide bonds. The number of nitrogens with zero attached hydrogens (tertiary/aromatic N) is 1. The number of Topliss-reactive ketones (excluding diaryl/α,β-unsaturated/α-hetero) is 1. The summed E-state index contributed by atoms with van der Waals surface area (Å²) >= 11 is 0.751. The van der Waals surface area contributed by atoms with Crippen LogP contribution in [0.15, 0.2) is 0 Å². The first-order chi connectivity index (χ1) is 9.69. The molecule has 0 unspecified atom stereocenters. The molecule has 0 aliphatic carbocycles. The van der Waals surface area contributed by atoms with E-state index in [1.165, 1.54) is 6.92 Å². The van der Waals surface area contributed by atoms with Gasteiger partial charge in [0.2, 0.25) is 0 Å². The predicted octanol–water partition coefficient (Wildman–Crippen LogP) is 2.55. The fraction of sp³-hybridized carbons (Fsp3) is 0.545. The van der Waals surface area contributed by atoms with E-state index in [0.29, 0.717) is 0 Å². The van der Waals surface area contributed by atoms with Crippen molar-refractivity contribution in [2.24, 2.45) is 0 Å². The highest BCUT2D eigenvalue weighted by Crippen LogP contribution is 2.25. The molecule has 0 radical (unpaired) electrons. The van der Waals surface area contributed by atoms with E-state index in [9.17, 15) is 27.2 Å².